The Bertz CT molecular complexity index is 376. The molecule has 0 fully saturated rings. The van der Waals surface area contributed by atoms with Gasteiger partial charge in [0, 0.05) is 13.0 Å². The lowest BCUT2D eigenvalue weighted by atomic mass is 9.99. The van der Waals surface area contributed by atoms with E-state index in [2.05, 4.69) is 0 Å². The predicted octanol–water partition coefficient (Wildman–Crippen LogP) is 2.58. The smallest absolute Gasteiger partial charge is 0.167 e. The highest BCUT2D eigenvalue weighted by Gasteiger charge is 2.15. The molecule has 16 heavy (non-hydrogen) atoms. The van der Waals surface area contributed by atoms with E-state index in [-0.39, 0.29) is 11.3 Å². The van der Waals surface area contributed by atoms with E-state index in [4.69, 9.17) is 0 Å². The second-order valence-corrected chi connectivity index (χ2v) is 4.42. The van der Waals surface area contributed by atoms with Gasteiger partial charge >= 0.3 is 0 Å². The zero-order valence-corrected chi connectivity index (χ0v) is 10.3. The van der Waals surface area contributed by atoms with Gasteiger partial charge in [-0.1, -0.05) is 6.07 Å². The van der Waals surface area contributed by atoms with Crippen LogP contribution >= 0.6 is 0 Å². The summed E-state index contributed by atoms with van der Waals surface area (Å²) in [6, 6.07) is 3.25. The van der Waals surface area contributed by atoms with Gasteiger partial charge in [0.05, 0.1) is 5.56 Å². The van der Waals surface area contributed by atoms with E-state index in [1.165, 1.54) is 6.07 Å². The number of rotatable bonds is 4. The summed E-state index contributed by atoms with van der Waals surface area (Å²) in [4.78, 5) is 13.8. The summed E-state index contributed by atoms with van der Waals surface area (Å²) in [6.07, 6.45) is 0.355. The third kappa shape index (κ3) is 3.14. The van der Waals surface area contributed by atoms with Gasteiger partial charge in [-0.2, -0.15) is 0 Å². The van der Waals surface area contributed by atoms with E-state index < -0.39 is 5.82 Å². The van der Waals surface area contributed by atoms with Crippen LogP contribution in [0.5, 0.6) is 0 Å². The zero-order valence-electron chi connectivity index (χ0n) is 10.3. The fourth-order valence-corrected chi connectivity index (χ4v) is 1.72. The monoisotopic (exact) mass is 223 g/mol. The molecule has 0 saturated heterocycles. The molecule has 0 aromatic heterocycles. The molecule has 0 amide bonds. The van der Waals surface area contributed by atoms with Crippen molar-refractivity contribution in [3.05, 3.63) is 34.6 Å². The molecule has 1 aromatic carbocycles. The third-order valence-corrected chi connectivity index (χ3v) is 2.50. The molecule has 0 radical (unpaired) electrons. The molecule has 0 atom stereocenters. The highest BCUT2D eigenvalue weighted by Crippen LogP contribution is 2.17. The number of carbonyl (C=O) groups excluding carboxylic acids is 1. The number of benzene rings is 1. The zero-order chi connectivity index (χ0) is 12.3. The van der Waals surface area contributed by atoms with E-state index in [9.17, 15) is 9.18 Å². The maximum absolute atomic E-state index is 13.7. The topological polar surface area (TPSA) is 20.3 Å². The first-order chi connectivity index (χ1) is 7.41. The van der Waals surface area contributed by atoms with Gasteiger partial charge in [0.25, 0.3) is 0 Å². The van der Waals surface area contributed by atoms with E-state index in [1.54, 1.807) is 6.92 Å². The van der Waals surface area contributed by atoms with E-state index in [1.807, 2.05) is 32.0 Å². The number of hydrogen-bond acceptors (Lipinski definition) is 2. The summed E-state index contributed by atoms with van der Waals surface area (Å²) in [5.41, 5.74) is 1.81. The first kappa shape index (κ1) is 12.8. The van der Waals surface area contributed by atoms with E-state index in [0.717, 1.165) is 11.1 Å². The maximum atomic E-state index is 13.7. The predicted molar refractivity (Wildman–Crippen MR) is 63.4 cm³/mol. The Kier molecular flexibility index (Phi) is 4.19. The summed E-state index contributed by atoms with van der Waals surface area (Å²) < 4.78 is 13.7. The van der Waals surface area contributed by atoms with Crippen LogP contribution in [-0.2, 0) is 0 Å². The molecule has 0 saturated carbocycles. The molecule has 88 valence electrons. The van der Waals surface area contributed by atoms with Gasteiger partial charge in [0.15, 0.2) is 5.78 Å². The fraction of sp³-hybridized carbons (Fsp3) is 0.462. The van der Waals surface area contributed by atoms with Crippen LogP contribution in [0.15, 0.2) is 12.1 Å². The minimum absolute atomic E-state index is 0.122. The van der Waals surface area contributed by atoms with Crippen molar-refractivity contribution < 1.29 is 9.18 Å². The van der Waals surface area contributed by atoms with Crippen LogP contribution in [0.1, 0.15) is 27.9 Å². The van der Waals surface area contributed by atoms with Gasteiger partial charge in [0.1, 0.15) is 5.82 Å². The fourth-order valence-electron chi connectivity index (χ4n) is 1.72. The Balaban J connectivity index is 2.91. The van der Waals surface area contributed by atoms with Gasteiger partial charge in [-0.15, -0.1) is 0 Å². The first-order valence-corrected chi connectivity index (χ1v) is 5.36. The van der Waals surface area contributed by atoms with E-state index in [0.29, 0.717) is 13.0 Å². The maximum Gasteiger partial charge on any atom is 0.167 e. The summed E-state index contributed by atoms with van der Waals surface area (Å²) in [5, 5.41) is 0. The molecule has 1 rings (SSSR count). The molecule has 1 aromatic rings. The molecule has 0 aliphatic rings. The Labute approximate surface area is 96.1 Å². The molecule has 3 heteroatoms. The number of hydrogen-bond donors (Lipinski definition) is 0. The van der Waals surface area contributed by atoms with Gasteiger partial charge in [-0.05, 0) is 45.1 Å². The normalized spacial score (nSPS) is 10.9. The summed E-state index contributed by atoms with van der Waals surface area (Å²) in [7, 11) is 3.79. The van der Waals surface area contributed by atoms with Crippen molar-refractivity contribution in [1.29, 1.82) is 0 Å². The number of Topliss-reactive ketones (excluding diaryl/α,β-unsaturated/α-hetero) is 1. The van der Waals surface area contributed by atoms with E-state index >= 15 is 0 Å². The molecular formula is C13H18FNO. The lowest BCUT2D eigenvalue weighted by Crippen LogP contribution is -2.18. The SMILES string of the molecule is Cc1cc(C)c(C(=O)CCN(C)C)c(F)c1. The van der Waals surface area contributed by atoms with Crippen LogP contribution in [0, 0.1) is 19.7 Å². The van der Waals surface area contributed by atoms with Crippen molar-refractivity contribution in [3.63, 3.8) is 0 Å². The average molecular weight is 223 g/mol. The molecule has 0 spiro atoms. The van der Waals surface area contributed by atoms with Gasteiger partial charge < -0.3 is 4.90 Å². The number of carbonyl (C=O) groups is 1. The summed E-state index contributed by atoms with van der Waals surface area (Å²) in [5.74, 6) is -0.523. The van der Waals surface area contributed by atoms with Crippen LogP contribution < -0.4 is 0 Å². The van der Waals surface area contributed by atoms with Crippen molar-refractivity contribution in [2.45, 2.75) is 20.3 Å². The third-order valence-electron chi connectivity index (χ3n) is 2.50. The molecule has 0 unspecified atom stereocenters. The van der Waals surface area contributed by atoms with Crippen molar-refractivity contribution >= 4 is 5.78 Å². The van der Waals surface area contributed by atoms with Crippen LogP contribution in [0.4, 0.5) is 4.39 Å². The van der Waals surface area contributed by atoms with Gasteiger partial charge in [0.2, 0.25) is 0 Å². The second-order valence-electron chi connectivity index (χ2n) is 4.42. The van der Waals surface area contributed by atoms with Crippen molar-refractivity contribution in [2.24, 2.45) is 0 Å². The lowest BCUT2D eigenvalue weighted by molar-refractivity contribution is 0.0968. The van der Waals surface area contributed by atoms with Crippen LogP contribution in [0.2, 0.25) is 0 Å². The van der Waals surface area contributed by atoms with Crippen molar-refractivity contribution in [2.75, 3.05) is 20.6 Å². The van der Waals surface area contributed by atoms with Gasteiger partial charge in [-0.3, -0.25) is 4.79 Å². The molecule has 0 bridgehead atoms. The minimum atomic E-state index is -0.402. The summed E-state index contributed by atoms with van der Waals surface area (Å²) in [6.45, 7) is 4.24. The molecule has 0 heterocycles. The Hall–Kier alpha value is -1.22. The van der Waals surface area contributed by atoms with Crippen molar-refractivity contribution in [3.8, 4) is 0 Å². The van der Waals surface area contributed by atoms with Crippen molar-refractivity contribution in [1.82, 2.24) is 4.90 Å². The van der Waals surface area contributed by atoms with Crippen LogP contribution in [-0.4, -0.2) is 31.3 Å². The molecule has 0 N–H and O–H groups in total. The Morgan fingerprint density at radius 2 is 1.94 bits per heavy atom. The molecule has 0 aliphatic heterocycles. The minimum Gasteiger partial charge on any atom is -0.309 e. The van der Waals surface area contributed by atoms with Crippen LogP contribution in [0.25, 0.3) is 0 Å². The first-order valence-electron chi connectivity index (χ1n) is 5.36. The van der Waals surface area contributed by atoms with Gasteiger partial charge in [-0.25, -0.2) is 4.39 Å². The van der Waals surface area contributed by atoms with Crippen LogP contribution in [0.3, 0.4) is 0 Å². The summed E-state index contributed by atoms with van der Waals surface area (Å²) >= 11 is 0. The Morgan fingerprint density at radius 3 is 2.44 bits per heavy atom. The number of aryl methyl sites for hydroxylation is 2. The largest absolute Gasteiger partial charge is 0.309 e. The highest BCUT2D eigenvalue weighted by atomic mass is 19.1. The average Bonchev–Trinajstić information content (AvgIpc) is 2.12. The standard InChI is InChI=1S/C13H18FNO/c1-9-7-10(2)13(11(14)8-9)12(16)5-6-15(3)4/h7-8H,5-6H2,1-4H3. The molecule has 0 aliphatic carbocycles. The number of nitrogens with zero attached hydrogens (tertiary/aromatic N) is 1. The quantitative estimate of drug-likeness (QED) is 0.731. The highest BCUT2D eigenvalue weighted by molar-refractivity contribution is 5.97. The second kappa shape index (κ2) is 5.21. The number of halogens is 1. The Morgan fingerprint density at radius 1 is 1.31 bits per heavy atom. The number of ketones is 1. The molecule has 2 nitrogen and oxygen atoms in total. The lowest BCUT2D eigenvalue weighted by Gasteiger charge is -2.11. The molecular weight excluding hydrogens is 205 g/mol.